The smallest absolute Gasteiger partial charge is 0.0168 e. The lowest BCUT2D eigenvalue weighted by Crippen LogP contribution is -2.02. The summed E-state index contributed by atoms with van der Waals surface area (Å²) in [6.07, 6.45) is 6.18. The standard InChI is InChI=1S/C8H12/c1-6-3-4-7-5-8(6,7)2/h3-4,6-7H,5H2,1-2H3. The van der Waals surface area contributed by atoms with Crippen LogP contribution in [0.2, 0.25) is 0 Å². The number of fused-ring (bicyclic) bond motifs is 1. The second-order valence-corrected chi connectivity index (χ2v) is 3.49. The van der Waals surface area contributed by atoms with Gasteiger partial charge in [-0.3, -0.25) is 0 Å². The molecule has 44 valence electrons. The van der Waals surface area contributed by atoms with E-state index in [1.807, 2.05) is 0 Å². The zero-order valence-corrected chi connectivity index (χ0v) is 5.52. The van der Waals surface area contributed by atoms with Crippen LogP contribution in [0.3, 0.4) is 0 Å². The summed E-state index contributed by atoms with van der Waals surface area (Å²) in [7, 11) is 0. The third-order valence-electron chi connectivity index (χ3n) is 3.02. The topological polar surface area (TPSA) is 0 Å². The van der Waals surface area contributed by atoms with Crippen molar-refractivity contribution in [1.29, 1.82) is 0 Å². The Balaban J connectivity index is 2.29. The van der Waals surface area contributed by atoms with Crippen molar-refractivity contribution >= 4 is 0 Å². The molecule has 0 heteroatoms. The first-order chi connectivity index (χ1) is 3.73. The highest BCUT2D eigenvalue weighted by molar-refractivity contribution is 5.21. The van der Waals surface area contributed by atoms with Crippen molar-refractivity contribution in [3.63, 3.8) is 0 Å². The van der Waals surface area contributed by atoms with Gasteiger partial charge in [0.05, 0.1) is 0 Å². The van der Waals surface area contributed by atoms with Crippen molar-refractivity contribution in [2.24, 2.45) is 17.3 Å². The number of hydrogen-bond acceptors (Lipinski definition) is 0. The van der Waals surface area contributed by atoms with Gasteiger partial charge in [-0.15, -0.1) is 0 Å². The minimum absolute atomic E-state index is 0.708. The van der Waals surface area contributed by atoms with Crippen LogP contribution in [0.1, 0.15) is 20.3 Å². The zero-order chi connectivity index (χ0) is 5.78. The van der Waals surface area contributed by atoms with Crippen LogP contribution in [0.4, 0.5) is 0 Å². The molecule has 3 unspecified atom stereocenters. The van der Waals surface area contributed by atoms with Gasteiger partial charge in [0.1, 0.15) is 0 Å². The number of allylic oxidation sites excluding steroid dienone is 2. The fourth-order valence-corrected chi connectivity index (χ4v) is 1.75. The summed E-state index contributed by atoms with van der Waals surface area (Å²) in [4.78, 5) is 0. The van der Waals surface area contributed by atoms with Crippen molar-refractivity contribution in [1.82, 2.24) is 0 Å². The average Bonchev–Trinajstić information content (AvgIpc) is 2.31. The van der Waals surface area contributed by atoms with Crippen LogP contribution in [-0.2, 0) is 0 Å². The molecule has 0 aliphatic heterocycles. The Labute approximate surface area is 50.6 Å². The minimum atomic E-state index is 0.708. The van der Waals surface area contributed by atoms with Crippen molar-refractivity contribution in [2.45, 2.75) is 20.3 Å². The molecule has 0 spiro atoms. The third kappa shape index (κ3) is 0.331. The summed E-state index contributed by atoms with van der Waals surface area (Å²) in [5, 5.41) is 0. The number of rotatable bonds is 0. The Hall–Kier alpha value is -0.260. The van der Waals surface area contributed by atoms with Crippen LogP contribution in [0.5, 0.6) is 0 Å². The molecule has 3 atom stereocenters. The third-order valence-corrected chi connectivity index (χ3v) is 3.02. The van der Waals surface area contributed by atoms with Gasteiger partial charge in [0, 0.05) is 0 Å². The van der Waals surface area contributed by atoms with Gasteiger partial charge in [0.15, 0.2) is 0 Å². The number of hydrogen-bond donors (Lipinski definition) is 0. The molecule has 0 radical (unpaired) electrons. The molecule has 0 amide bonds. The van der Waals surface area contributed by atoms with E-state index in [4.69, 9.17) is 0 Å². The van der Waals surface area contributed by atoms with Crippen LogP contribution in [0, 0.1) is 17.3 Å². The van der Waals surface area contributed by atoms with Crippen LogP contribution >= 0.6 is 0 Å². The van der Waals surface area contributed by atoms with Crippen LogP contribution in [0.25, 0.3) is 0 Å². The molecule has 0 saturated heterocycles. The normalized spacial score (nSPS) is 58.8. The molecule has 8 heavy (non-hydrogen) atoms. The minimum Gasteiger partial charge on any atom is -0.0848 e. The molecular formula is C8H12. The molecular weight excluding hydrogens is 96.1 g/mol. The van der Waals surface area contributed by atoms with Crippen molar-refractivity contribution < 1.29 is 0 Å². The monoisotopic (exact) mass is 108 g/mol. The van der Waals surface area contributed by atoms with E-state index in [-0.39, 0.29) is 0 Å². The van der Waals surface area contributed by atoms with Crippen molar-refractivity contribution in [2.75, 3.05) is 0 Å². The summed E-state index contributed by atoms with van der Waals surface area (Å²) in [6.45, 7) is 4.71. The van der Waals surface area contributed by atoms with Crippen LogP contribution in [0.15, 0.2) is 12.2 Å². The van der Waals surface area contributed by atoms with E-state index in [0.717, 1.165) is 11.8 Å². The summed E-state index contributed by atoms with van der Waals surface area (Å²) in [6, 6.07) is 0. The maximum atomic E-state index is 2.39. The van der Waals surface area contributed by atoms with Crippen LogP contribution < -0.4 is 0 Å². The van der Waals surface area contributed by atoms with E-state index >= 15 is 0 Å². The Morgan fingerprint density at radius 1 is 1.50 bits per heavy atom. The molecule has 0 N–H and O–H groups in total. The molecule has 0 heterocycles. The lowest BCUT2D eigenvalue weighted by molar-refractivity contribution is 0.438. The lowest BCUT2D eigenvalue weighted by atomic mass is 9.95. The Kier molecular flexibility index (Phi) is 0.588. The van der Waals surface area contributed by atoms with Crippen molar-refractivity contribution in [3.8, 4) is 0 Å². The molecule has 1 saturated carbocycles. The maximum Gasteiger partial charge on any atom is -0.0168 e. The summed E-state index contributed by atoms with van der Waals surface area (Å²) >= 11 is 0. The van der Waals surface area contributed by atoms with Crippen LogP contribution in [-0.4, -0.2) is 0 Å². The van der Waals surface area contributed by atoms with Gasteiger partial charge >= 0.3 is 0 Å². The second kappa shape index (κ2) is 1.02. The van der Waals surface area contributed by atoms with Crippen molar-refractivity contribution in [3.05, 3.63) is 12.2 Å². The molecule has 2 aliphatic rings. The molecule has 0 aromatic carbocycles. The summed E-state index contributed by atoms with van der Waals surface area (Å²) in [5.41, 5.74) is 0.708. The Morgan fingerprint density at radius 3 is 2.38 bits per heavy atom. The highest BCUT2D eigenvalue weighted by Gasteiger charge is 2.54. The lowest BCUT2D eigenvalue weighted by Gasteiger charge is -2.09. The second-order valence-electron chi connectivity index (χ2n) is 3.49. The predicted molar refractivity (Wildman–Crippen MR) is 34.5 cm³/mol. The van der Waals surface area contributed by atoms with E-state index in [1.54, 1.807) is 0 Å². The fourth-order valence-electron chi connectivity index (χ4n) is 1.75. The van der Waals surface area contributed by atoms with E-state index in [2.05, 4.69) is 26.0 Å². The predicted octanol–water partition coefficient (Wildman–Crippen LogP) is 2.22. The quantitative estimate of drug-likeness (QED) is 0.417. The summed E-state index contributed by atoms with van der Waals surface area (Å²) < 4.78 is 0. The SMILES string of the molecule is CC1C=CC2CC12C. The highest BCUT2D eigenvalue weighted by Crippen LogP contribution is 2.62. The highest BCUT2D eigenvalue weighted by atomic mass is 14.6. The van der Waals surface area contributed by atoms with Gasteiger partial charge in [0.25, 0.3) is 0 Å². The van der Waals surface area contributed by atoms with Gasteiger partial charge in [-0.2, -0.15) is 0 Å². The Bertz CT molecular complexity index is 146. The molecule has 0 nitrogen and oxygen atoms in total. The summed E-state index contributed by atoms with van der Waals surface area (Å²) in [5.74, 6) is 1.81. The van der Waals surface area contributed by atoms with Gasteiger partial charge in [-0.25, -0.2) is 0 Å². The zero-order valence-electron chi connectivity index (χ0n) is 5.52. The maximum absolute atomic E-state index is 2.39. The fraction of sp³-hybridized carbons (Fsp3) is 0.750. The van der Waals surface area contributed by atoms with E-state index in [0.29, 0.717) is 5.41 Å². The van der Waals surface area contributed by atoms with Gasteiger partial charge in [-0.05, 0) is 23.7 Å². The first-order valence-electron chi connectivity index (χ1n) is 3.42. The van der Waals surface area contributed by atoms with E-state index in [1.165, 1.54) is 6.42 Å². The molecule has 0 bridgehead atoms. The van der Waals surface area contributed by atoms with E-state index < -0.39 is 0 Å². The molecule has 2 rings (SSSR count). The van der Waals surface area contributed by atoms with Gasteiger partial charge in [0.2, 0.25) is 0 Å². The van der Waals surface area contributed by atoms with Gasteiger partial charge in [-0.1, -0.05) is 26.0 Å². The molecule has 2 aliphatic carbocycles. The molecule has 0 aromatic heterocycles. The Morgan fingerprint density at radius 2 is 2.25 bits per heavy atom. The average molecular weight is 108 g/mol. The first kappa shape index (κ1) is 4.60. The van der Waals surface area contributed by atoms with E-state index in [9.17, 15) is 0 Å². The molecule has 0 aromatic rings. The largest absolute Gasteiger partial charge is 0.0848 e. The van der Waals surface area contributed by atoms with Gasteiger partial charge < -0.3 is 0 Å². The first-order valence-corrected chi connectivity index (χ1v) is 3.42. The molecule has 1 fully saturated rings.